The lowest BCUT2D eigenvalue weighted by molar-refractivity contribution is 1.18. The van der Waals surface area contributed by atoms with E-state index in [4.69, 9.17) is 0 Å². The third kappa shape index (κ3) is 4.76. The molecule has 0 unspecified atom stereocenters. The Kier molecular flexibility index (Phi) is 6.82. The number of benzene rings is 9. The molecule has 1 aliphatic rings. The van der Waals surface area contributed by atoms with Crippen LogP contribution in [0, 0.1) is 0 Å². The van der Waals surface area contributed by atoms with E-state index < -0.39 is 8.07 Å². The van der Waals surface area contributed by atoms with Gasteiger partial charge in [-0.2, -0.15) is 0 Å². The molecule has 2 nitrogen and oxygen atoms in total. The van der Waals surface area contributed by atoms with E-state index in [-0.39, 0.29) is 0 Å². The summed E-state index contributed by atoms with van der Waals surface area (Å²) in [5, 5.41) is 10.7. The van der Waals surface area contributed by atoms with Crippen molar-refractivity contribution in [1.29, 1.82) is 0 Å². The molecule has 1 aliphatic heterocycles. The van der Waals surface area contributed by atoms with Crippen LogP contribution in [0.25, 0.3) is 99.1 Å². The smallest absolute Gasteiger partial charge is 0.113 e. The van der Waals surface area contributed by atoms with Crippen LogP contribution in [-0.4, -0.2) is 17.2 Å². The lowest BCUT2D eigenvalue weighted by atomic mass is 9.99. The SMILES string of the molecule is C[Si]1(C)c2ccccc2-c2cc3cc(-n4c5ccccc5c5cc(-c6ccc7c(c6)c6cc(-c8ccccc8)ccc6n7-c6ccccc6)ccc54)ccc3cc21. The minimum absolute atomic E-state index is 1.17. The van der Waals surface area contributed by atoms with Gasteiger partial charge in [-0.3, -0.25) is 0 Å². The Morgan fingerprint density at radius 1 is 0.316 bits per heavy atom. The molecule has 2 aromatic heterocycles. The maximum atomic E-state index is 2.49. The van der Waals surface area contributed by atoms with Crippen molar-refractivity contribution in [1.82, 2.24) is 9.13 Å². The van der Waals surface area contributed by atoms with Crippen molar-refractivity contribution in [2.75, 3.05) is 0 Å². The van der Waals surface area contributed by atoms with Gasteiger partial charge in [0.25, 0.3) is 0 Å². The molecule has 3 heterocycles. The van der Waals surface area contributed by atoms with Crippen molar-refractivity contribution in [3.05, 3.63) is 194 Å². The highest BCUT2D eigenvalue weighted by atomic mass is 28.3. The normalized spacial score (nSPS) is 13.2. The molecule has 0 atom stereocenters. The summed E-state index contributed by atoms with van der Waals surface area (Å²) < 4.78 is 4.86. The summed E-state index contributed by atoms with van der Waals surface area (Å²) in [6.07, 6.45) is 0. The van der Waals surface area contributed by atoms with Crippen molar-refractivity contribution in [2.24, 2.45) is 0 Å². The molecule has 0 saturated carbocycles. The molecule has 268 valence electrons. The monoisotopic (exact) mass is 742 g/mol. The lowest BCUT2D eigenvalue weighted by Gasteiger charge is -2.19. The van der Waals surface area contributed by atoms with Gasteiger partial charge in [0.1, 0.15) is 8.07 Å². The van der Waals surface area contributed by atoms with Crippen molar-refractivity contribution in [3.63, 3.8) is 0 Å². The van der Waals surface area contributed by atoms with Crippen LogP contribution in [0.15, 0.2) is 194 Å². The third-order valence-electron chi connectivity index (χ3n) is 12.7. The molecule has 0 saturated heterocycles. The molecular formula is C54H38N2Si. The van der Waals surface area contributed by atoms with Crippen molar-refractivity contribution >= 4 is 72.8 Å². The van der Waals surface area contributed by atoms with Gasteiger partial charge >= 0.3 is 0 Å². The van der Waals surface area contributed by atoms with E-state index in [1.165, 1.54) is 99.1 Å². The zero-order valence-corrected chi connectivity index (χ0v) is 32.9. The Labute approximate surface area is 332 Å². The fourth-order valence-corrected chi connectivity index (χ4v) is 13.0. The van der Waals surface area contributed by atoms with Crippen LogP contribution >= 0.6 is 0 Å². The first-order valence-electron chi connectivity index (χ1n) is 19.9. The average molecular weight is 743 g/mol. The van der Waals surface area contributed by atoms with E-state index in [1.807, 2.05) is 0 Å². The Bertz CT molecular complexity index is 3420. The molecule has 0 fully saturated rings. The zero-order chi connectivity index (χ0) is 37.8. The predicted octanol–water partition coefficient (Wildman–Crippen LogP) is 13.2. The fourth-order valence-electron chi connectivity index (χ4n) is 9.87. The molecule has 9 aromatic carbocycles. The minimum Gasteiger partial charge on any atom is -0.309 e. The van der Waals surface area contributed by atoms with E-state index in [0.717, 1.165) is 0 Å². The molecule has 0 radical (unpaired) electrons. The summed E-state index contributed by atoms with van der Waals surface area (Å²) in [7, 11) is -1.74. The molecule has 12 rings (SSSR count). The van der Waals surface area contributed by atoms with Crippen molar-refractivity contribution in [2.45, 2.75) is 13.1 Å². The zero-order valence-electron chi connectivity index (χ0n) is 31.9. The molecule has 0 bridgehead atoms. The van der Waals surface area contributed by atoms with Crippen LogP contribution in [0.2, 0.25) is 13.1 Å². The highest BCUT2D eigenvalue weighted by Crippen LogP contribution is 2.40. The summed E-state index contributed by atoms with van der Waals surface area (Å²) in [4.78, 5) is 0. The molecule has 11 aromatic rings. The highest BCUT2D eigenvalue weighted by molar-refractivity contribution is 7.04. The maximum absolute atomic E-state index is 2.49. The molecule has 0 aliphatic carbocycles. The molecule has 0 N–H and O–H groups in total. The van der Waals surface area contributed by atoms with Gasteiger partial charge in [-0.15, -0.1) is 0 Å². The van der Waals surface area contributed by atoms with E-state index in [0.29, 0.717) is 0 Å². The Hall–Kier alpha value is -6.94. The summed E-state index contributed by atoms with van der Waals surface area (Å²) in [5.74, 6) is 0. The Morgan fingerprint density at radius 2 is 0.860 bits per heavy atom. The average Bonchev–Trinajstić information content (AvgIpc) is 3.85. The van der Waals surface area contributed by atoms with E-state index in [9.17, 15) is 0 Å². The summed E-state index contributed by atoms with van der Waals surface area (Å²) in [6.45, 7) is 4.99. The van der Waals surface area contributed by atoms with Crippen LogP contribution in [0.3, 0.4) is 0 Å². The van der Waals surface area contributed by atoms with E-state index in [1.54, 1.807) is 10.4 Å². The van der Waals surface area contributed by atoms with Gasteiger partial charge in [0.15, 0.2) is 0 Å². The van der Waals surface area contributed by atoms with Gasteiger partial charge in [-0.05, 0) is 127 Å². The van der Waals surface area contributed by atoms with Gasteiger partial charge in [0, 0.05) is 32.9 Å². The largest absolute Gasteiger partial charge is 0.309 e. The van der Waals surface area contributed by atoms with Crippen LogP contribution in [0.5, 0.6) is 0 Å². The van der Waals surface area contributed by atoms with E-state index in [2.05, 4.69) is 216 Å². The summed E-state index contributed by atoms with van der Waals surface area (Å²) in [5.41, 5.74) is 14.9. The van der Waals surface area contributed by atoms with Crippen LogP contribution in [-0.2, 0) is 0 Å². The lowest BCUT2D eigenvalue weighted by Crippen LogP contribution is -2.49. The summed E-state index contributed by atoms with van der Waals surface area (Å²) >= 11 is 0. The number of rotatable bonds is 4. The standard InChI is InChI=1S/C54H38N2Si/c1-57(2)53-20-12-10-18-44(53)48-33-40-29-42(25-21-39(40)34-54(48)57)56-49-19-11-9-17-43(49)45-31-37(23-27-50(45)56)38-24-28-52-47(32-38)46-30-36(35-13-5-3-6-14-35)22-26-51(46)55(52)41-15-7-4-8-16-41/h3-34H,1-2H3. The molecule has 3 heteroatoms. The first kappa shape index (κ1) is 32.3. The number of hydrogen-bond donors (Lipinski definition) is 0. The highest BCUT2D eigenvalue weighted by Gasteiger charge is 2.37. The van der Waals surface area contributed by atoms with Gasteiger partial charge in [-0.25, -0.2) is 0 Å². The maximum Gasteiger partial charge on any atom is 0.113 e. The van der Waals surface area contributed by atoms with E-state index >= 15 is 0 Å². The van der Waals surface area contributed by atoms with Crippen molar-refractivity contribution < 1.29 is 0 Å². The number of nitrogens with zero attached hydrogens (tertiary/aromatic N) is 2. The van der Waals surface area contributed by atoms with Gasteiger partial charge in [0.05, 0.1) is 22.1 Å². The number of hydrogen-bond acceptors (Lipinski definition) is 0. The molecule has 0 amide bonds. The first-order valence-corrected chi connectivity index (χ1v) is 22.9. The second kappa shape index (κ2) is 12.0. The number of aromatic nitrogens is 2. The minimum atomic E-state index is -1.74. The van der Waals surface area contributed by atoms with Gasteiger partial charge < -0.3 is 9.13 Å². The number of para-hydroxylation sites is 2. The van der Waals surface area contributed by atoms with Crippen molar-refractivity contribution in [3.8, 4) is 44.8 Å². The quantitative estimate of drug-likeness (QED) is 0.159. The van der Waals surface area contributed by atoms with Gasteiger partial charge in [-0.1, -0.05) is 134 Å². The second-order valence-corrected chi connectivity index (χ2v) is 20.5. The first-order chi connectivity index (χ1) is 28.0. The van der Waals surface area contributed by atoms with Gasteiger partial charge in [0.2, 0.25) is 0 Å². The Morgan fingerprint density at radius 3 is 1.56 bits per heavy atom. The molecule has 0 spiro atoms. The van der Waals surface area contributed by atoms with Crippen LogP contribution in [0.4, 0.5) is 0 Å². The van der Waals surface area contributed by atoms with Crippen LogP contribution < -0.4 is 10.4 Å². The Balaban J connectivity index is 1.02. The predicted molar refractivity (Wildman–Crippen MR) is 246 cm³/mol. The fraction of sp³-hybridized carbons (Fsp3) is 0.0370. The third-order valence-corrected chi connectivity index (χ3v) is 16.2. The second-order valence-electron chi connectivity index (χ2n) is 16.2. The number of fused-ring (bicyclic) bond motifs is 10. The summed E-state index contributed by atoms with van der Waals surface area (Å²) in [6, 6.07) is 72.3. The topological polar surface area (TPSA) is 9.86 Å². The van der Waals surface area contributed by atoms with Crippen LogP contribution in [0.1, 0.15) is 0 Å². The molecular weight excluding hydrogens is 705 g/mol. The molecule has 57 heavy (non-hydrogen) atoms.